The summed E-state index contributed by atoms with van der Waals surface area (Å²) in [6.07, 6.45) is 4.32. The molecule has 5 nitrogen and oxygen atoms in total. The Labute approximate surface area is 105 Å². The molecule has 0 bridgehead atoms. The first kappa shape index (κ1) is 16.5. The quantitative estimate of drug-likeness (QED) is 0.324. The molecular weight excluding hydrogens is 238 g/mol. The van der Waals surface area contributed by atoms with Crippen molar-refractivity contribution in [3.05, 3.63) is 0 Å². The van der Waals surface area contributed by atoms with Gasteiger partial charge in [0.2, 0.25) is 6.08 Å². The van der Waals surface area contributed by atoms with Crippen LogP contribution in [0.2, 0.25) is 0 Å². The van der Waals surface area contributed by atoms with Gasteiger partial charge in [0, 0.05) is 19.8 Å². The minimum atomic E-state index is -2.81. The van der Waals surface area contributed by atoms with Crippen LogP contribution in [0.1, 0.15) is 40.0 Å². The zero-order valence-electron chi connectivity index (χ0n) is 11.0. The lowest BCUT2D eigenvalue weighted by atomic mass is 10.5. The maximum absolute atomic E-state index is 10.2. The number of hydrogen-bond donors (Lipinski definition) is 0. The Morgan fingerprint density at radius 1 is 0.941 bits per heavy atom. The molecule has 0 spiro atoms. The number of aliphatic imine (C=N–C) groups is 1. The van der Waals surface area contributed by atoms with Gasteiger partial charge in [-0.1, -0.05) is 20.8 Å². The highest BCUT2D eigenvalue weighted by atomic mass is 28.4. The van der Waals surface area contributed by atoms with Crippen molar-refractivity contribution in [2.45, 2.75) is 40.0 Å². The van der Waals surface area contributed by atoms with Gasteiger partial charge >= 0.3 is 8.80 Å². The van der Waals surface area contributed by atoms with E-state index in [1.165, 1.54) is 6.08 Å². The van der Waals surface area contributed by atoms with Gasteiger partial charge in [-0.25, -0.2) is 9.79 Å². The summed E-state index contributed by atoms with van der Waals surface area (Å²) in [5.74, 6) is 0. The highest BCUT2D eigenvalue weighted by Gasteiger charge is 2.41. The fourth-order valence-electron chi connectivity index (χ4n) is 1.16. The van der Waals surface area contributed by atoms with E-state index in [1.807, 2.05) is 20.8 Å². The molecule has 17 heavy (non-hydrogen) atoms. The molecule has 0 radical (unpaired) electrons. The minimum absolute atomic E-state index is 0.163. The summed E-state index contributed by atoms with van der Waals surface area (Å²) in [4.78, 5) is 13.8. The number of carbonyl (C=O) groups excluding carboxylic acids is 1. The maximum atomic E-state index is 10.2. The smallest absolute Gasteiger partial charge is 0.372 e. The second-order valence-corrected chi connectivity index (χ2v) is 6.18. The van der Waals surface area contributed by atoms with E-state index in [2.05, 4.69) is 4.99 Å². The molecule has 0 aromatic heterocycles. The Kier molecular flexibility index (Phi) is 10.3. The molecule has 0 aromatic carbocycles. The third-order valence-corrected chi connectivity index (χ3v) is 4.39. The van der Waals surface area contributed by atoms with Crippen molar-refractivity contribution >= 4 is 14.9 Å². The number of hydrogen-bond acceptors (Lipinski definition) is 5. The molecule has 0 N–H and O–H groups in total. The van der Waals surface area contributed by atoms with E-state index in [1.54, 1.807) is 0 Å². The highest BCUT2D eigenvalue weighted by molar-refractivity contribution is 6.61. The van der Waals surface area contributed by atoms with Crippen LogP contribution in [0.25, 0.3) is 0 Å². The van der Waals surface area contributed by atoms with Gasteiger partial charge < -0.3 is 13.3 Å². The molecule has 0 aliphatic carbocycles. The number of rotatable bonds is 11. The van der Waals surface area contributed by atoms with Crippen LogP contribution in [0, 0.1) is 0 Å². The zero-order chi connectivity index (χ0) is 13.0. The predicted molar refractivity (Wildman–Crippen MR) is 67.5 cm³/mol. The average molecular weight is 261 g/mol. The monoisotopic (exact) mass is 261 g/mol. The normalized spacial score (nSPS) is 11.2. The van der Waals surface area contributed by atoms with Crippen molar-refractivity contribution in [3.63, 3.8) is 0 Å². The van der Waals surface area contributed by atoms with E-state index in [0.717, 1.165) is 19.3 Å². The second-order valence-electron chi connectivity index (χ2n) is 3.64. The molecule has 0 unspecified atom stereocenters. The van der Waals surface area contributed by atoms with E-state index >= 15 is 0 Å². The first-order valence-electron chi connectivity index (χ1n) is 6.20. The van der Waals surface area contributed by atoms with Gasteiger partial charge in [-0.2, -0.15) is 0 Å². The summed E-state index contributed by atoms with van der Waals surface area (Å²) in [5, 5.41) is 0. The van der Waals surface area contributed by atoms with Crippen LogP contribution in [-0.2, 0) is 18.1 Å². The standard InChI is InChI=1S/C11H23NO4Si/c1-4-7-14-17(11-12-10-13,15-8-5-2)16-9-6-3/h4-9,11H2,1-3H3. The van der Waals surface area contributed by atoms with Crippen LogP contribution >= 0.6 is 0 Å². The summed E-state index contributed by atoms with van der Waals surface area (Å²) in [6.45, 7) is 7.74. The van der Waals surface area contributed by atoms with Crippen molar-refractivity contribution < 1.29 is 18.1 Å². The molecule has 0 fully saturated rings. The van der Waals surface area contributed by atoms with Gasteiger partial charge in [0.15, 0.2) is 0 Å². The highest BCUT2D eigenvalue weighted by Crippen LogP contribution is 2.12. The van der Waals surface area contributed by atoms with Crippen LogP contribution in [0.5, 0.6) is 0 Å². The summed E-state index contributed by atoms with van der Waals surface area (Å²) in [7, 11) is -2.81. The van der Waals surface area contributed by atoms with Crippen molar-refractivity contribution in [1.82, 2.24) is 0 Å². The Morgan fingerprint density at radius 2 is 1.35 bits per heavy atom. The largest absolute Gasteiger partial charge is 0.524 e. The van der Waals surface area contributed by atoms with Crippen molar-refractivity contribution in [3.8, 4) is 0 Å². The lowest BCUT2D eigenvalue weighted by molar-refractivity contribution is 0.0608. The van der Waals surface area contributed by atoms with Crippen LogP contribution in [0.15, 0.2) is 4.99 Å². The molecule has 0 aliphatic heterocycles. The molecule has 0 heterocycles. The molecule has 0 aliphatic rings. The van der Waals surface area contributed by atoms with E-state index in [9.17, 15) is 4.79 Å². The van der Waals surface area contributed by atoms with Gasteiger partial charge in [0.1, 0.15) is 6.17 Å². The average Bonchev–Trinajstić information content (AvgIpc) is 2.37. The molecule has 0 atom stereocenters. The minimum Gasteiger partial charge on any atom is -0.372 e. The Hall–Kier alpha value is -0.523. The second kappa shape index (κ2) is 10.6. The van der Waals surface area contributed by atoms with E-state index in [4.69, 9.17) is 13.3 Å². The molecule has 0 amide bonds. The molecule has 0 saturated heterocycles. The molecule has 0 rings (SSSR count). The first-order valence-corrected chi connectivity index (χ1v) is 8.13. The van der Waals surface area contributed by atoms with Gasteiger partial charge in [-0.3, -0.25) is 0 Å². The fourth-order valence-corrected chi connectivity index (χ4v) is 3.49. The molecule has 0 saturated carbocycles. The van der Waals surface area contributed by atoms with Crippen LogP contribution in [0.3, 0.4) is 0 Å². The van der Waals surface area contributed by atoms with Gasteiger partial charge in [0.25, 0.3) is 0 Å². The lowest BCUT2D eigenvalue weighted by Crippen LogP contribution is -2.50. The van der Waals surface area contributed by atoms with Crippen LogP contribution < -0.4 is 0 Å². The van der Waals surface area contributed by atoms with Crippen molar-refractivity contribution in [2.24, 2.45) is 4.99 Å². The third-order valence-electron chi connectivity index (χ3n) is 1.92. The third kappa shape index (κ3) is 7.41. The maximum Gasteiger partial charge on any atom is 0.524 e. The summed E-state index contributed by atoms with van der Waals surface area (Å²) in [5.41, 5.74) is 0. The Bertz CT molecular complexity index is 210. The molecule has 0 aromatic rings. The Morgan fingerprint density at radius 3 is 1.65 bits per heavy atom. The van der Waals surface area contributed by atoms with E-state index < -0.39 is 8.80 Å². The molecule has 6 heteroatoms. The first-order chi connectivity index (χ1) is 8.24. The topological polar surface area (TPSA) is 57.1 Å². The van der Waals surface area contributed by atoms with Crippen LogP contribution in [-0.4, -0.2) is 40.9 Å². The van der Waals surface area contributed by atoms with Crippen molar-refractivity contribution in [1.29, 1.82) is 0 Å². The molecular formula is C11H23NO4Si. The van der Waals surface area contributed by atoms with Crippen molar-refractivity contribution in [2.75, 3.05) is 26.0 Å². The molecule has 100 valence electrons. The lowest BCUT2D eigenvalue weighted by Gasteiger charge is -2.27. The summed E-state index contributed by atoms with van der Waals surface area (Å²) >= 11 is 0. The van der Waals surface area contributed by atoms with Gasteiger partial charge in [-0.15, -0.1) is 0 Å². The van der Waals surface area contributed by atoms with Gasteiger partial charge in [0.05, 0.1) is 0 Å². The fraction of sp³-hybridized carbons (Fsp3) is 0.909. The van der Waals surface area contributed by atoms with E-state index in [-0.39, 0.29) is 6.17 Å². The SMILES string of the molecule is CCCO[Si](CN=C=O)(OCCC)OCCC. The number of isocyanates is 1. The van der Waals surface area contributed by atoms with E-state index in [0.29, 0.717) is 19.8 Å². The predicted octanol–water partition coefficient (Wildman–Crippen LogP) is 2.08. The van der Waals surface area contributed by atoms with Crippen LogP contribution in [0.4, 0.5) is 0 Å². The zero-order valence-corrected chi connectivity index (χ0v) is 12.0. The summed E-state index contributed by atoms with van der Waals surface area (Å²) < 4.78 is 17.1. The summed E-state index contributed by atoms with van der Waals surface area (Å²) in [6, 6.07) is 0. The number of nitrogens with zero attached hydrogens (tertiary/aromatic N) is 1. The Balaban J connectivity index is 4.56. The van der Waals surface area contributed by atoms with Gasteiger partial charge in [-0.05, 0) is 19.3 Å².